The van der Waals surface area contributed by atoms with Crippen molar-refractivity contribution in [2.75, 3.05) is 0 Å². The van der Waals surface area contributed by atoms with Crippen molar-refractivity contribution in [3.05, 3.63) is 10.1 Å². The molecule has 1 unspecified atom stereocenters. The predicted molar refractivity (Wildman–Crippen MR) is 107 cm³/mol. The summed E-state index contributed by atoms with van der Waals surface area (Å²) in [6.45, 7) is 4.57. The van der Waals surface area contributed by atoms with E-state index in [1.165, 1.54) is 109 Å². The second-order valence-electron chi connectivity index (χ2n) is 7.17. The number of nitrogens with two attached hydrogens (primary N) is 1. The second-order valence-corrected chi connectivity index (χ2v) is 7.17. The Morgan fingerprint density at radius 3 is 1.24 bits per heavy atom. The highest BCUT2D eigenvalue weighted by atomic mass is 16.9. The van der Waals surface area contributed by atoms with Crippen LogP contribution >= 0.6 is 0 Å². The van der Waals surface area contributed by atoms with Crippen LogP contribution in [0.4, 0.5) is 0 Å². The van der Waals surface area contributed by atoms with Crippen LogP contribution in [0.5, 0.6) is 0 Å². The summed E-state index contributed by atoms with van der Waals surface area (Å²) in [6.07, 6.45) is 23.6. The Labute approximate surface area is 155 Å². The zero-order valence-corrected chi connectivity index (χ0v) is 16.9. The molecule has 0 aromatic heterocycles. The molecule has 5 heteroatoms. The minimum atomic E-state index is -1.50. The Bertz CT molecular complexity index is 259. The number of unbranched alkanes of at least 4 members (excludes halogenated alkanes) is 13. The molecule has 25 heavy (non-hydrogen) atoms. The zero-order chi connectivity index (χ0) is 19.2. The van der Waals surface area contributed by atoms with E-state index in [0.29, 0.717) is 6.04 Å². The van der Waals surface area contributed by atoms with Gasteiger partial charge in [0.2, 0.25) is 0 Å². The lowest BCUT2D eigenvalue weighted by Crippen LogP contribution is -2.19. The third-order valence-corrected chi connectivity index (χ3v) is 4.61. The van der Waals surface area contributed by atoms with Gasteiger partial charge in [0.1, 0.15) is 0 Å². The molecule has 0 aromatic carbocycles. The van der Waals surface area contributed by atoms with E-state index >= 15 is 0 Å². The van der Waals surface area contributed by atoms with Crippen LogP contribution < -0.4 is 5.73 Å². The first-order chi connectivity index (χ1) is 12.0. The Kier molecular flexibility index (Phi) is 24.4. The van der Waals surface area contributed by atoms with Crippen molar-refractivity contribution in [1.29, 1.82) is 0 Å². The van der Waals surface area contributed by atoms with Gasteiger partial charge in [-0.2, -0.15) is 0 Å². The van der Waals surface area contributed by atoms with Crippen LogP contribution in [0.25, 0.3) is 0 Å². The van der Waals surface area contributed by atoms with Gasteiger partial charge in [-0.25, -0.2) is 0 Å². The third kappa shape index (κ3) is 31.4. The van der Waals surface area contributed by atoms with Gasteiger partial charge >= 0.3 is 0 Å². The largest absolute Gasteiger partial charge is 0.328 e. The maximum Gasteiger partial charge on any atom is 0.291 e. The van der Waals surface area contributed by atoms with Crippen molar-refractivity contribution in [2.24, 2.45) is 5.73 Å². The minimum Gasteiger partial charge on any atom is -0.328 e. The summed E-state index contributed by atoms with van der Waals surface area (Å²) in [7, 11) is 0. The SMILES string of the molecule is CCCCCCCCCCCC(N)CCCCCCCC.O=[N+]([O-])O. The molecule has 0 spiro atoms. The Morgan fingerprint density at radius 2 is 0.960 bits per heavy atom. The first-order valence-corrected chi connectivity index (χ1v) is 10.6. The summed E-state index contributed by atoms with van der Waals surface area (Å²) in [4.78, 5) is 8.36. The van der Waals surface area contributed by atoms with E-state index in [0.717, 1.165) is 0 Å². The number of rotatable bonds is 17. The average Bonchev–Trinajstić information content (AvgIpc) is 2.56. The Hall–Kier alpha value is -0.840. The number of hydrogen-bond acceptors (Lipinski definition) is 3. The van der Waals surface area contributed by atoms with Gasteiger partial charge in [0.25, 0.3) is 5.09 Å². The molecular weight excluding hydrogens is 316 g/mol. The quantitative estimate of drug-likeness (QED) is 0.173. The van der Waals surface area contributed by atoms with Gasteiger partial charge in [0, 0.05) is 6.04 Å². The summed E-state index contributed by atoms with van der Waals surface area (Å²) in [5, 5.41) is 13.6. The maximum absolute atomic E-state index is 8.36. The van der Waals surface area contributed by atoms with Gasteiger partial charge < -0.3 is 10.9 Å². The van der Waals surface area contributed by atoms with E-state index in [9.17, 15) is 0 Å². The summed E-state index contributed by atoms with van der Waals surface area (Å²) in [5.74, 6) is 0. The molecule has 0 fully saturated rings. The molecular formula is C20H44N2O3. The molecule has 0 aliphatic heterocycles. The Balaban J connectivity index is 0. The molecule has 0 aliphatic rings. The van der Waals surface area contributed by atoms with Gasteiger partial charge in [0.15, 0.2) is 0 Å². The van der Waals surface area contributed by atoms with Gasteiger partial charge in [-0.15, -0.1) is 10.1 Å². The third-order valence-electron chi connectivity index (χ3n) is 4.61. The zero-order valence-electron chi connectivity index (χ0n) is 16.9. The molecule has 0 radical (unpaired) electrons. The van der Waals surface area contributed by atoms with Crippen molar-refractivity contribution in [3.63, 3.8) is 0 Å². The van der Waals surface area contributed by atoms with E-state index in [1.807, 2.05) is 0 Å². The van der Waals surface area contributed by atoms with Crippen LogP contribution in [0.15, 0.2) is 0 Å². The van der Waals surface area contributed by atoms with Crippen LogP contribution in [0, 0.1) is 10.1 Å². The van der Waals surface area contributed by atoms with Crippen molar-refractivity contribution in [2.45, 2.75) is 129 Å². The van der Waals surface area contributed by atoms with E-state index in [-0.39, 0.29) is 0 Å². The lowest BCUT2D eigenvalue weighted by atomic mass is 10.0. The first-order valence-electron chi connectivity index (χ1n) is 10.6. The van der Waals surface area contributed by atoms with E-state index in [4.69, 9.17) is 21.1 Å². The maximum atomic E-state index is 8.36. The molecule has 0 rings (SSSR count). The van der Waals surface area contributed by atoms with E-state index in [2.05, 4.69) is 13.8 Å². The summed E-state index contributed by atoms with van der Waals surface area (Å²) < 4.78 is 0. The predicted octanol–water partition coefficient (Wildman–Crippen LogP) is 6.64. The second kappa shape index (κ2) is 23.2. The molecule has 0 saturated heterocycles. The van der Waals surface area contributed by atoms with Crippen LogP contribution in [-0.4, -0.2) is 16.3 Å². The highest BCUT2D eigenvalue weighted by Gasteiger charge is 2.02. The summed E-state index contributed by atoms with van der Waals surface area (Å²) >= 11 is 0. The van der Waals surface area contributed by atoms with Gasteiger partial charge in [-0.1, -0.05) is 110 Å². The average molecular weight is 361 g/mol. The molecule has 0 heterocycles. The molecule has 0 amide bonds. The lowest BCUT2D eigenvalue weighted by molar-refractivity contribution is -0.742. The molecule has 0 bridgehead atoms. The first kappa shape index (κ1) is 26.4. The molecule has 1 atom stereocenters. The monoisotopic (exact) mass is 360 g/mol. The van der Waals surface area contributed by atoms with E-state index < -0.39 is 5.09 Å². The molecule has 152 valence electrons. The van der Waals surface area contributed by atoms with Gasteiger partial charge in [0.05, 0.1) is 0 Å². The van der Waals surface area contributed by atoms with Crippen LogP contribution in [0.3, 0.4) is 0 Å². The van der Waals surface area contributed by atoms with Crippen molar-refractivity contribution in [3.8, 4) is 0 Å². The molecule has 5 nitrogen and oxygen atoms in total. The lowest BCUT2D eigenvalue weighted by Gasteiger charge is -2.11. The minimum absolute atomic E-state index is 0.473. The van der Waals surface area contributed by atoms with Gasteiger partial charge in [-0.05, 0) is 12.8 Å². The smallest absolute Gasteiger partial charge is 0.291 e. The normalized spacial score (nSPS) is 11.6. The number of hydrogen-bond donors (Lipinski definition) is 2. The van der Waals surface area contributed by atoms with E-state index in [1.54, 1.807) is 0 Å². The molecule has 0 aromatic rings. The molecule has 0 aliphatic carbocycles. The summed E-state index contributed by atoms with van der Waals surface area (Å²) in [6, 6.07) is 0.473. The fourth-order valence-electron chi connectivity index (χ4n) is 3.05. The molecule has 3 N–H and O–H groups in total. The molecule has 0 saturated carbocycles. The van der Waals surface area contributed by atoms with Crippen molar-refractivity contribution < 1.29 is 10.3 Å². The standard InChI is InChI=1S/C20H43N.HNO3/c1-3-5-7-9-11-12-13-15-17-19-20(21)18-16-14-10-8-6-4-2;2-1(3)4/h20H,3-19,21H2,1-2H3;(H,2,3,4). The summed E-state index contributed by atoms with van der Waals surface area (Å²) in [5.41, 5.74) is 6.21. The van der Waals surface area contributed by atoms with Crippen LogP contribution in [0.1, 0.15) is 123 Å². The highest BCUT2D eigenvalue weighted by Crippen LogP contribution is 2.13. The fourth-order valence-corrected chi connectivity index (χ4v) is 3.05. The van der Waals surface area contributed by atoms with Crippen LogP contribution in [-0.2, 0) is 0 Å². The van der Waals surface area contributed by atoms with Crippen LogP contribution in [0.2, 0.25) is 0 Å². The highest BCUT2D eigenvalue weighted by molar-refractivity contribution is 4.62. The van der Waals surface area contributed by atoms with Gasteiger partial charge in [-0.3, -0.25) is 0 Å². The topological polar surface area (TPSA) is 89.4 Å². The fraction of sp³-hybridized carbons (Fsp3) is 1.00. The Morgan fingerprint density at radius 1 is 0.720 bits per heavy atom. The van der Waals surface area contributed by atoms with Crippen molar-refractivity contribution in [1.82, 2.24) is 0 Å². The number of nitrogens with zero attached hydrogens (tertiary/aromatic N) is 1. The van der Waals surface area contributed by atoms with Crippen molar-refractivity contribution >= 4 is 0 Å².